The molecule has 1 saturated carbocycles. The minimum Gasteiger partial charge on any atom is -0.395 e. The maximum atomic E-state index is 12.9. The molecule has 0 saturated heterocycles. The maximum Gasteiger partial charge on any atom is 0.586 e. The average Bonchev–Trinajstić information content (AvgIpc) is 2.93. The molecular weight excluding hydrogens is 240 g/mol. The van der Waals surface area contributed by atoms with Crippen LogP contribution in [0.1, 0.15) is 26.7 Å². The van der Waals surface area contributed by atoms with Crippen molar-refractivity contribution >= 4 is 5.69 Å². The molecule has 1 N–H and O–H groups in total. The summed E-state index contributed by atoms with van der Waals surface area (Å²) >= 11 is 0. The molecule has 1 fully saturated rings. The third-order valence-corrected chi connectivity index (χ3v) is 3.87. The quantitative estimate of drug-likeness (QED) is 0.895. The Morgan fingerprint density at radius 3 is 2.56 bits per heavy atom. The van der Waals surface area contributed by atoms with Crippen molar-refractivity contribution in [3.05, 3.63) is 18.2 Å². The van der Waals surface area contributed by atoms with Gasteiger partial charge in [-0.3, -0.25) is 0 Å². The van der Waals surface area contributed by atoms with Crippen LogP contribution in [0.4, 0.5) is 14.5 Å². The fraction of sp³-hybridized carbons (Fsp3) is 0.538. The molecule has 98 valence electrons. The molecule has 2 aliphatic rings. The van der Waals surface area contributed by atoms with E-state index < -0.39 is 6.29 Å². The highest BCUT2D eigenvalue weighted by atomic mass is 19.3. The summed E-state index contributed by atoms with van der Waals surface area (Å²) in [5.74, 6) is 0.161. The zero-order valence-electron chi connectivity index (χ0n) is 10.3. The summed E-state index contributed by atoms with van der Waals surface area (Å²) in [5, 5.41) is 3.32. The first-order valence-electron chi connectivity index (χ1n) is 6.04. The van der Waals surface area contributed by atoms with Crippen LogP contribution in [0.3, 0.4) is 0 Å². The van der Waals surface area contributed by atoms with Crippen molar-refractivity contribution in [2.24, 2.45) is 5.41 Å². The normalized spacial score (nSPS) is 23.6. The van der Waals surface area contributed by atoms with Crippen molar-refractivity contribution in [2.45, 2.75) is 39.0 Å². The number of nitrogens with one attached hydrogen (secondary N) is 1. The molecule has 1 unspecified atom stereocenters. The van der Waals surface area contributed by atoms with E-state index in [9.17, 15) is 8.78 Å². The van der Waals surface area contributed by atoms with Crippen LogP contribution >= 0.6 is 0 Å². The van der Waals surface area contributed by atoms with E-state index in [1.165, 1.54) is 18.9 Å². The van der Waals surface area contributed by atoms with Gasteiger partial charge in [-0.25, -0.2) is 0 Å². The molecule has 0 radical (unpaired) electrons. The van der Waals surface area contributed by atoms with E-state index in [0.717, 1.165) is 5.69 Å². The second-order valence-electron chi connectivity index (χ2n) is 5.35. The molecule has 1 aromatic carbocycles. The highest BCUT2D eigenvalue weighted by molar-refractivity contribution is 5.56. The van der Waals surface area contributed by atoms with Gasteiger partial charge in [-0.1, -0.05) is 6.92 Å². The third kappa shape index (κ3) is 1.98. The number of hydrogen-bond acceptors (Lipinski definition) is 3. The lowest BCUT2D eigenvalue weighted by Crippen LogP contribution is -2.26. The number of rotatable bonds is 3. The zero-order chi connectivity index (χ0) is 13.0. The molecule has 3 rings (SSSR count). The van der Waals surface area contributed by atoms with Gasteiger partial charge in [-0.05, 0) is 37.3 Å². The minimum atomic E-state index is -3.55. The Hall–Kier alpha value is -1.52. The Morgan fingerprint density at radius 2 is 1.89 bits per heavy atom. The van der Waals surface area contributed by atoms with Crippen molar-refractivity contribution in [1.82, 2.24) is 0 Å². The monoisotopic (exact) mass is 255 g/mol. The zero-order valence-corrected chi connectivity index (χ0v) is 10.3. The van der Waals surface area contributed by atoms with E-state index in [-0.39, 0.29) is 11.5 Å². The average molecular weight is 255 g/mol. The number of halogens is 2. The van der Waals surface area contributed by atoms with Gasteiger partial charge in [0.25, 0.3) is 0 Å². The molecule has 0 aromatic heterocycles. The van der Waals surface area contributed by atoms with Crippen LogP contribution in [0.2, 0.25) is 0 Å². The number of alkyl halides is 2. The van der Waals surface area contributed by atoms with Crippen LogP contribution < -0.4 is 14.8 Å². The molecule has 0 bridgehead atoms. The van der Waals surface area contributed by atoms with Crippen molar-refractivity contribution in [1.29, 1.82) is 0 Å². The Kier molecular flexibility index (Phi) is 2.24. The van der Waals surface area contributed by atoms with E-state index >= 15 is 0 Å². The minimum absolute atomic E-state index is 0.0795. The van der Waals surface area contributed by atoms with Crippen LogP contribution in [0.15, 0.2) is 18.2 Å². The van der Waals surface area contributed by atoms with E-state index in [1.54, 1.807) is 12.1 Å². The number of benzene rings is 1. The Morgan fingerprint density at radius 1 is 1.22 bits per heavy atom. The van der Waals surface area contributed by atoms with Crippen molar-refractivity contribution in [3.63, 3.8) is 0 Å². The fourth-order valence-electron chi connectivity index (χ4n) is 2.09. The van der Waals surface area contributed by atoms with Crippen LogP contribution in [0.25, 0.3) is 0 Å². The predicted molar refractivity (Wildman–Crippen MR) is 63.1 cm³/mol. The summed E-state index contributed by atoms with van der Waals surface area (Å²) in [6.07, 6.45) is -1.15. The van der Waals surface area contributed by atoms with Gasteiger partial charge in [0.2, 0.25) is 0 Å². The number of hydrogen-bond donors (Lipinski definition) is 1. The van der Waals surface area contributed by atoms with Crippen molar-refractivity contribution < 1.29 is 18.3 Å². The molecule has 1 atom stereocenters. The second kappa shape index (κ2) is 3.49. The molecule has 0 spiro atoms. The van der Waals surface area contributed by atoms with E-state index in [0.29, 0.717) is 11.5 Å². The van der Waals surface area contributed by atoms with Crippen LogP contribution in [-0.4, -0.2) is 12.3 Å². The molecule has 5 heteroatoms. The Labute approximate surface area is 104 Å². The van der Waals surface area contributed by atoms with Gasteiger partial charge in [0.05, 0.1) is 0 Å². The van der Waals surface area contributed by atoms with E-state index in [4.69, 9.17) is 0 Å². The highest BCUT2D eigenvalue weighted by Crippen LogP contribution is 2.49. The molecule has 1 aromatic rings. The summed E-state index contributed by atoms with van der Waals surface area (Å²) in [5.41, 5.74) is 1.09. The molecule has 18 heavy (non-hydrogen) atoms. The van der Waals surface area contributed by atoms with Gasteiger partial charge in [0.1, 0.15) is 0 Å². The maximum absolute atomic E-state index is 12.9. The lowest BCUT2D eigenvalue weighted by Gasteiger charge is -2.21. The molecule has 0 amide bonds. The van der Waals surface area contributed by atoms with Gasteiger partial charge in [-0.2, -0.15) is 0 Å². The van der Waals surface area contributed by atoms with E-state index in [2.05, 4.69) is 28.6 Å². The van der Waals surface area contributed by atoms with Gasteiger partial charge in [-0.15, -0.1) is 8.78 Å². The smallest absolute Gasteiger partial charge is 0.395 e. The van der Waals surface area contributed by atoms with Crippen LogP contribution in [0, 0.1) is 5.41 Å². The van der Waals surface area contributed by atoms with Gasteiger partial charge in [0.15, 0.2) is 11.5 Å². The molecule has 1 heterocycles. The van der Waals surface area contributed by atoms with Crippen LogP contribution in [-0.2, 0) is 0 Å². The fourth-order valence-corrected chi connectivity index (χ4v) is 2.09. The Bertz CT molecular complexity index is 486. The first-order chi connectivity index (χ1) is 8.38. The SMILES string of the molecule is CC(Nc1ccc2c(c1)OC(F)(F)O2)C1(C)CC1. The summed E-state index contributed by atoms with van der Waals surface area (Å²) < 4.78 is 34.5. The molecule has 3 nitrogen and oxygen atoms in total. The number of ether oxygens (including phenoxy) is 2. The summed E-state index contributed by atoms with van der Waals surface area (Å²) in [6.45, 7) is 4.32. The van der Waals surface area contributed by atoms with Crippen LogP contribution in [0.5, 0.6) is 11.5 Å². The standard InChI is InChI=1S/C13H15F2NO2/c1-8(12(2)5-6-12)16-9-3-4-10-11(7-9)18-13(14,15)17-10/h3-4,7-8,16H,5-6H2,1-2H3. The molecule has 1 aliphatic carbocycles. The number of fused-ring (bicyclic) bond motifs is 1. The summed E-state index contributed by atoms with van der Waals surface area (Å²) in [6, 6.07) is 5.09. The Balaban J connectivity index is 1.76. The van der Waals surface area contributed by atoms with Gasteiger partial charge >= 0.3 is 6.29 Å². The van der Waals surface area contributed by atoms with Crippen molar-refractivity contribution in [3.8, 4) is 11.5 Å². The lowest BCUT2D eigenvalue weighted by molar-refractivity contribution is -0.286. The first kappa shape index (κ1) is 11.6. The first-order valence-corrected chi connectivity index (χ1v) is 6.04. The molecule has 1 aliphatic heterocycles. The topological polar surface area (TPSA) is 30.5 Å². The summed E-state index contributed by atoms with van der Waals surface area (Å²) in [7, 11) is 0. The van der Waals surface area contributed by atoms with Crippen molar-refractivity contribution in [2.75, 3.05) is 5.32 Å². The summed E-state index contributed by atoms with van der Waals surface area (Å²) in [4.78, 5) is 0. The van der Waals surface area contributed by atoms with Gasteiger partial charge < -0.3 is 14.8 Å². The predicted octanol–water partition coefficient (Wildman–Crippen LogP) is 3.61. The largest absolute Gasteiger partial charge is 0.586 e. The highest BCUT2D eigenvalue weighted by Gasteiger charge is 2.44. The number of anilines is 1. The van der Waals surface area contributed by atoms with Gasteiger partial charge in [0, 0.05) is 17.8 Å². The third-order valence-electron chi connectivity index (χ3n) is 3.87. The molecular formula is C13H15F2NO2. The lowest BCUT2D eigenvalue weighted by atomic mass is 10.0. The van der Waals surface area contributed by atoms with E-state index in [1.807, 2.05) is 0 Å². The second-order valence-corrected chi connectivity index (χ2v) is 5.35.